The third kappa shape index (κ3) is 3.92. The van der Waals surface area contributed by atoms with Crippen LogP contribution in [0, 0.1) is 6.92 Å². The van der Waals surface area contributed by atoms with Crippen LogP contribution in [0.1, 0.15) is 21.5 Å². The van der Waals surface area contributed by atoms with Gasteiger partial charge >= 0.3 is 0 Å². The quantitative estimate of drug-likeness (QED) is 0.680. The third-order valence-electron chi connectivity index (χ3n) is 2.95. The van der Waals surface area contributed by atoms with Crippen molar-refractivity contribution in [3.8, 4) is 5.75 Å². The Hall–Kier alpha value is -2.14. The molecule has 0 spiro atoms. The van der Waals surface area contributed by atoms with E-state index in [-0.39, 0.29) is 5.91 Å². The van der Waals surface area contributed by atoms with Gasteiger partial charge < -0.3 is 4.74 Å². The summed E-state index contributed by atoms with van der Waals surface area (Å²) in [6.45, 7) is 1.88. The van der Waals surface area contributed by atoms with E-state index in [4.69, 9.17) is 4.74 Å². The minimum absolute atomic E-state index is 0.238. The second-order valence-electron chi connectivity index (χ2n) is 4.40. The van der Waals surface area contributed by atoms with Crippen LogP contribution in [0.5, 0.6) is 5.75 Å². The maximum absolute atomic E-state index is 12.0. The SMILES string of the molecule is COc1ccc(Br)cc1C=NNC(=O)c1ccccc1C. The number of nitrogens with one attached hydrogen (secondary N) is 1. The Morgan fingerprint density at radius 3 is 2.76 bits per heavy atom. The molecule has 2 aromatic rings. The van der Waals surface area contributed by atoms with Crippen molar-refractivity contribution in [2.24, 2.45) is 5.10 Å². The van der Waals surface area contributed by atoms with Crippen LogP contribution in [-0.4, -0.2) is 19.2 Å². The lowest BCUT2D eigenvalue weighted by Crippen LogP contribution is -2.18. The number of hydrogen-bond donors (Lipinski definition) is 1. The molecule has 0 saturated heterocycles. The van der Waals surface area contributed by atoms with Gasteiger partial charge in [-0.05, 0) is 36.8 Å². The fraction of sp³-hybridized carbons (Fsp3) is 0.125. The van der Waals surface area contributed by atoms with Crippen LogP contribution in [0.15, 0.2) is 52.0 Å². The van der Waals surface area contributed by atoms with Crippen molar-refractivity contribution in [2.75, 3.05) is 7.11 Å². The molecule has 0 unspecified atom stereocenters. The molecule has 108 valence electrons. The molecule has 4 nitrogen and oxygen atoms in total. The van der Waals surface area contributed by atoms with E-state index >= 15 is 0 Å². The summed E-state index contributed by atoms with van der Waals surface area (Å²) < 4.78 is 6.15. The smallest absolute Gasteiger partial charge is 0.271 e. The van der Waals surface area contributed by atoms with E-state index in [1.54, 1.807) is 19.4 Å². The Bertz CT molecular complexity index is 684. The van der Waals surface area contributed by atoms with Crippen molar-refractivity contribution in [1.82, 2.24) is 5.43 Å². The number of rotatable bonds is 4. The number of nitrogens with zero attached hydrogens (tertiary/aromatic N) is 1. The van der Waals surface area contributed by atoms with Crippen LogP contribution in [-0.2, 0) is 0 Å². The first-order valence-electron chi connectivity index (χ1n) is 6.34. The highest BCUT2D eigenvalue weighted by molar-refractivity contribution is 9.10. The normalized spacial score (nSPS) is 10.6. The van der Waals surface area contributed by atoms with E-state index in [0.29, 0.717) is 11.3 Å². The Kier molecular flexibility index (Phi) is 5.11. The van der Waals surface area contributed by atoms with Crippen molar-refractivity contribution >= 4 is 28.1 Å². The standard InChI is InChI=1S/C16H15BrN2O2/c1-11-5-3-4-6-14(11)16(20)19-18-10-12-9-13(17)7-8-15(12)21-2/h3-10H,1-2H3,(H,19,20). The average Bonchev–Trinajstić information content (AvgIpc) is 2.48. The van der Waals surface area contributed by atoms with Crippen LogP contribution in [0.2, 0.25) is 0 Å². The topological polar surface area (TPSA) is 50.7 Å². The van der Waals surface area contributed by atoms with E-state index in [1.165, 1.54) is 0 Å². The second-order valence-corrected chi connectivity index (χ2v) is 5.32. The summed E-state index contributed by atoms with van der Waals surface area (Å²) in [4.78, 5) is 12.0. The van der Waals surface area contributed by atoms with Gasteiger partial charge in [0, 0.05) is 15.6 Å². The summed E-state index contributed by atoms with van der Waals surface area (Å²) in [7, 11) is 1.59. The Morgan fingerprint density at radius 2 is 2.05 bits per heavy atom. The van der Waals surface area contributed by atoms with Crippen molar-refractivity contribution in [2.45, 2.75) is 6.92 Å². The molecular formula is C16H15BrN2O2. The summed E-state index contributed by atoms with van der Waals surface area (Å²) in [5, 5.41) is 3.98. The summed E-state index contributed by atoms with van der Waals surface area (Å²) >= 11 is 3.39. The number of halogens is 1. The number of ether oxygens (including phenoxy) is 1. The van der Waals surface area contributed by atoms with Crippen LogP contribution in [0.4, 0.5) is 0 Å². The zero-order valence-corrected chi connectivity index (χ0v) is 13.3. The number of carbonyl (C=O) groups excluding carboxylic acids is 1. The molecule has 1 N–H and O–H groups in total. The van der Waals surface area contributed by atoms with Gasteiger partial charge in [-0.2, -0.15) is 5.10 Å². The monoisotopic (exact) mass is 346 g/mol. The van der Waals surface area contributed by atoms with Gasteiger partial charge in [-0.25, -0.2) is 5.43 Å². The lowest BCUT2D eigenvalue weighted by molar-refractivity contribution is 0.0954. The van der Waals surface area contributed by atoms with Gasteiger partial charge in [0.25, 0.3) is 5.91 Å². The highest BCUT2D eigenvalue weighted by Gasteiger charge is 2.06. The van der Waals surface area contributed by atoms with Crippen LogP contribution in [0.3, 0.4) is 0 Å². The maximum Gasteiger partial charge on any atom is 0.271 e. The molecular weight excluding hydrogens is 332 g/mol. The number of hydrogen-bond acceptors (Lipinski definition) is 3. The number of hydrazone groups is 1. The van der Waals surface area contributed by atoms with Crippen LogP contribution in [0.25, 0.3) is 0 Å². The predicted molar refractivity (Wildman–Crippen MR) is 86.9 cm³/mol. The minimum atomic E-state index is -0.238. The molecule has 0 aliphatic carbocycles. The molecule has 0 heterocycles. The van der Waals surface area contributed by atoms with Gasteiger partial charge in [0.1, 0.15) is 5.75 Å². The fourth-order valence-corrected chi connectivity index (χ4v) is 2.23. The highest BCUT2D eigenvalue weighted by Crippen LogP contribution is 2.21. The lowest BCUT2D eigenvalue weighted by atomic mass is 10.1. The van der Waals surface area contributed by atoms with Gasteiger partial charge in [-0.15, -0.1) is 0 Å². The van der Waals surface area contributed by atoms with Crippen LogP contribution >= 0.6 is 15.9 Å². The summed E-state index contributed by atoms with van der Waals surface area (Å²) in [5.41, 5.74) is 4.81. The molecule has 21 heavy (non-hydrogen) atoms. The first-order valence-corrected chi connectivity index (χ1v) is 7.13. The molecule has 0 aliphatic rings. The lowest BCUT2D eigenvalue weighted by Gasteiger charge is -2.05. The Labute approximate surface area is 132 Å². The predicted octanol–water partition coefficient (Wildman–Crippen LogP) is 3.53. The molecule has 0 aromatic heterocycles. The summed E-state index contributed by atoms with van der Waals surface area (Å²) in [5.74, 6) is 0.449. The van der Waals surface area contributed by atoms with Gasteiger partial charge in [0.15, 0.2) is 0 Å². The molecule has 5 heteroatoms. The first-order chi connectivity index (χ1) is 10.1. The number of amides is 1. The zero-order chi connectivity index (χ0) is 15.2. The molecule has 1 amide bonds. The molecule has 0 radical (unpaired) electrons. The number of aryl methyl sites for hydroxylation is 1. The largest absolute Gasteiger partial charge is 0.496 e. The fourth-order valence-electron chi connectivity index (χ4n) is 1.85. The van der Waals surface area contributed by atoms with E-state index in [0.717, 1.165) is 15.6 Å². The Balaban J connectivity index is 2.11. The van der Waals surface area contributed by atoms with Gasteiger partial charge in [0.05, 0.1) is 13.3 Å². The molecule has 0 atom stereocenters. The minimum Gasteiger partial charge on any atom is -0.496 e. The number of benzene rings is 2. The van der Waals surface area contributed by atoms with Crippen molar-refractivity contribution in [3.63, 3.8) is 0 Å². The second kappa shape index (κ2) is 7.04. The third-order valence-corrected chi connectivity index (χ3v) is 3.44. The molecule has 0 fully saturated rings. The molecule has 0 bridgehead atoms. The van der Waals surface area contributed by atoms with E-state index < -0.39 is 0 Å². The molecule has 0 saturated carbocycles. The van der Waals surface area contributed by atoms with E-state index in [2.05, 4.69) is 26.5 Å². The number of methoxy groups -OCH3 is 1. The van der Waals surface area contributed by atoms with E-state index in [1.807, 2.05) is 43.3 Å². The number of carbonyl (C=O) groups is 1. The first kappa shape index (κ1) is 15.3. The summed E-state index contributed by atoms with van der Waals surface area (Å²) in [6.07, 6.45) is 1.56. The average molecular weight is 347 g/mol. The highest BCUT2D eigenvalue weighted by atomic mass is 79.9. The zero-order valence-electron chi connectivity index (χ0n) is 11.8. The molecule has 2 rings (SSSR count). The molecule has 2 aromatic carbocycles. The van der Waals surface area contributed by atoms with Crippen molar-refractivity contribution < 1.29 is 9.53 Å². The van der Waals surface area contributed by atoms with Crippen LogP contribution < -0.4 is 10.2 Å². The van der Waals surface area contributed by atoms with E-state index in [9.17, 15) is 4.79 Å². The van der Waals surface area contributed by atoms with Gasteiger partial charge in [-0.1, -0.05) is 34.1 Å². The van der Waals surface area contributed by atoms with Gasteiger partial charge in [-0.3, -0.25) is 4.79 Å². The summed E-state index contributed by atoms with van der Waals surface area (Å²) in [6, 6.07) is 12.9. The van der Waals surface area contributed by atoms with Crippen molar-refractivity contribution in [1.29, 1.82) is 0 Å². The molecule has 0 aliphatic heterocycles. The maximum atomic E-state index is 12.0. The van der Waals surface area contributed by atoms with Crippen molar-refractivity contribution in [3.05, 3.63) is 63.6 Å². The van der Waals surface area contributed by atoms with Gasteiger partial charge in [0.2, 0.25) is 0 Å². The Morgan fingerprint density at radius 1 is 1.29 bits per heavy atom.